The van der Waals surface area contributed by atoms with Crippen molar-refractivity contribution in [2.75, 3.05) is 23.4 Å². The van der Waals surface area contributed by atoms with E-state index in [-0.39, 0.29) is 11.8 Å². The van der Waals surface area contributed by atoms with Gasteiger partial charge in [0.2, 0.25) is 5.91 Å². The van der Waals surface area contributed by atoms with Gasteiger partial charge in [-0.05, 0) is 49.2 Å². The Bertz CT molecular complexity index is 769. The number of ether oxygens (including phenoxy) is 1. The van der Waals surface area contributed by atoms with Crippen LogP contribution in [0.2, 0.25) is 0 Å². The second-order valence-corrected chi connectivity index (χ2v) is 5.66. The highest BCUT2D eigenvalue weighted by atomic mass is 16.5. The Kier molecular flexibility index (Phi) is 4.51. The molecular weight excluding hydrogens is 304 g/mol. The Morgan fingerprint density at radius 2 is 1.92 bits per heavy atom. The van der Waals surface area contributed by atoms with Gasteiger partial charge >= 0.3 is 0 Å². The lowest BCUT2D eigenvalue weighted by Gasteiger charge is -2.20. The molecule has 1 N–H and O–H groups in total. The number of hydrogen-bond acceptors (Lipinski definition) is 3. The van der Waals surface area contributed by atoms with Crippen molar-refractivity contribution in [1.82, 2.24) is 0 Å². The van der Waals surface area contributed by atoms with Gasteiger partial charge in [0, 0.05) is 19.0 Å². The van der Waals surface area contributed by atoms with Crippen LogP contribution in [-0.2, 0) is 11.2 Å². The summed E-state index contributed by atoms with van der Waals surface area (Å²) in [6, 6.07) is 12.9. The standard InChI is InChI=1S/C19H20N2O3/c1-3-24-16-9-7-15(8-10-16)19(23)21-12-11-14-5-4-6-17(18(14)21)20-13(2)22/h4-10H,3,11-12H2,1-2H3,(H,20,22). The number of carbonyl (C=O) groups is 2. The molecule has 0 radical (unpaired) electrons. The van der Waals surface area contributed by atoms with Crippen LogP contribution in [0.25, 0.3) is 0 Å². The zero-order valence-electron chi connectivity index (χ0n) is 13.8. The number of carbonyl (C=O) groups excluding carboxylic acids is 2. The summed E-state index contributed by atoms with van der Waals surface area (Å²) in [7, 11) is 0. The average molecular weight is 324 g/mol. The monoisotopic (exact) mass is 324 g/mol. The van der Waals surface area contributed by atoms with Crippen LogP contribution in [0.15, 0.2) is 42.5 Å². The van der Waals surface area contributed by atoms with Crippen LogP contribution in [0.1, 0.15) is 29.8 Å². The number of fused-ring (bicyclic) bond motifs is 1. The molecule has 124 valence electrons. The lowest BCUT2D eigenvalue weighted by Crippen LogP contribution is -2.29. The fourth-order valence-corrected chi connectivity index (χ4v) is 2.97. The van der Waals surface area contributed by atoms with E-state index in [2.05, 4.69) is 5.32 Å². The van der Waals surface area contributed by atoms with Gasteiger partial charge in [0.15, 0.2) is 0 Å². The molecule has 0 spiro atoms. The molecule has 2 amide bonds. The molecule has 3 rings (SSSR count). The van der Waals surface area contributed by atoms with Gasteiger partial charge in [-0.25, -0.2) is 0 Å². The van der Waals surface area contributed by atoms with Crippen LogP contribution in [-0.4, -0.2) is 25.0 Å². The van der Waals surface area contributed by atoms with E-state index in [1.54, 1.807) is 29.2 Å². The molecule has 5 nitrogen and oxygen atoms in total. The predicted molar refractivity (Wildman–Crippen MR) is 93.7 cm³/mol. The molecule has 2 aromatic carbocycles. The van der Waals surface area contributed by atoms with Gasteiger partial charge in [0.25, 0.3) is 5.91 Å². The summed E-state index contributed by atoms with van der Waals surface area (Å²) in [5.74, 6) is 0.521. The Morgan fingerprint density at radius 1 is 1.17 bits per heavy atom. The summed E-state index contributed by atoms with van der Waals surface area (Å²) in [6.07, 6.45) is 0.783. The summed E-state index contributed by atoms with van der Waals surface area (Å²) in [5.41, 5.74) is 3.15. The first kappa shape index (κ1) is 16.1. The van der Waals surface area contributed by atoms with Crippen LogP contribution in [0.5, 0.6) is 5.75 Å². The number of benzene rings is 2. The third kappa shape index (κ3) is 3.11. The molecule has 0 aliphatic carbocycles. The van der Waals surface area contributed by atoms with Gasteiger partial charge in [0.1, 0.15) is 5.75 Å². The smallest absolute Gasteiger partial charge is 0.258 e. The first-order chi connectivity index (χ1) is 11.6. The molecule has 0 saturated carbocycles. The summed E-state index contributed by atoms with van der Waals surface area (Å²) >= 11 is 0. The number of anilines is 2. The van der Waals surface area contributed by atoms with Crippen molar-refractivity contribution < 1.29 is 14.3 Å². The van der Waals surface area contributed by atoms with Gasteiger partial charge in [-0.2, -0.15) is 0 Å². The summed E-state index contributed by atoms with van der Waals surface area (Å²) in [6.45, 7) is 4.58. The molecule has 0 aromatic heterocycles. The molecule has 5 heteroatoms. The third-order valence-electron chi connectivity index (χ3n) is 3.96. The van der Waals surface area contributed by atoms with Crippen molar-refractivity contribution in [3.05, 3.63) is 53.6 Å². The molecule has 2 aromatic rings. The van der Waals surface area contributed by atoms with E-state index < -0.39 is 0 Å². The SMILES string of the molecule is CCOc1ccc(C(=O)N2CCc3cccc(NC(C)=O)c32)cc1. The number of hydrogen-bond donors (Lipinski definition) is 1. The third-order valence-corrected chi connectivity index (χ3v) is 3.96. The molecule has 0 fully saturated rings. The Hall–Kier alpha value is -2.82. The van der Waals surface area contributed by atoms with Crippen LogP contribution in [0, 0.1) is 0 Å². The molecule has 1 heterocycles. The zero-order chi connectivity index (χ0) is 17.1. The molecule has 24 heavy (non-hydrogen) atoms. The van der Waals surface area contributed by atoms with E-state index >= 15 is 0 Å². The number of para-hydroxylation sites is 1. The minimum absolute atomic E-state index is 0.0744. The van der Waals surface area contributed by atoms with E-state index in [9.17, 15) is 9.59 Å². The maximum atomic E-state index is 12.9. The van der Waals surface area contributed by atoms with Gasteiger partial charge < -0.3 is 15.0 Å². The molecule has 0 bridgehead atoms. The Balaban J connectivity index is 1.90. The first-order valence-electron chi connectivity index (χ1n) is 8.04. The van der Waals surface area contributed by atoms with E-state index in [1.165, 1.54) is 6.92 Å². The fourth-order valence-electron chi connectivity index (χ4n) is 2.97. The highest BCUT2D eigenvalue weighted by Crippen LogP contribution is 2.36. The number of amides is 2. The van der Waals surface area contributed by atoms with Gasteiger partial charge in [0.05, 0.1) is 18.0 Å². The van der Waals surface area contributed by atoms with Crippen LogP contribution in [0.4, 0.5) is 11.4 Å². The highest BCUT2D eigenvalue weighted by Gasteiger charge is 2.28. The molecular formula is C19H20N2O3. The molecule has 1 aliphatic rings. The minimum atomic E-state index is -0.149. The van der Waals surface area contributed by atoms with E-state index in [1.807, 2.05) is 25.1 Å². The minimum Gasteiger partial charge on any atom is -0.494 e. The topological polar surface area (TPSA) is 58.6 Å². The molecule has 0 atom stereocenters. The predicted octanol–water partition coefficient (Wildman–Crippen LogP) is 3.25. The first-order valence-corrected chi connectivity index (χ1v) is 8.04. The Labute approximate surface area is 141 Å². The molecule has 0 saturated heterocycles. The van der Waals surface area contributed by atoms with Gasteiger partial charge in [-0.1, -0.05) is 12.1 Å². The second-order valence-electron chi connectivity index (χ2n) is 5.66. The van der Waals surface area contributed by atoms with Crippen molar-refractivity contribution >= 4 is 23.2 Å². The van der Waals surface area contributed by atoms with Crippen molar-refractivity contribution in [1.29, 1.82) is 0 Å². The summed E-state index contributed by atoms with van der Waals surface area (Å²) < 4.78 is 5.41. The van der Waals surface area contributed by atoms with Crippen LogP contribution >= 0.6 is 0 Å². The second kappa shape index (κ2) is 6.74. The van der Waals surface area contributed by atoms with Crippen molar-refractivity contribution in [3.63, 3.8) is 0 Å². The van der Waals surface area contributed by atoms with Crippen molar-refractivity contribution in [2.45, 2.75) is 20.3 Å². The largest absolute Gasteiger partial charge is 0.494 e. The van der Waals surface area contributed by atoms with Gasteiger partial charge in [-0.3, -0.25) is 9.59 Å². The quantitative estimate of drug-likeness (QED) is 0.939. The average Bonchev–Trinajstić information content (AvgIpc) is 3.00. The molecule has 0 unspecified atom stereocenters. The highest BCUT2D eigenvalue weighted by molar-refractivity contribution is 6.10. The molecule has 1 aliphatic heterocycles. The normalized spacial score (nSPS) is 12.7. The van der Waals surface area contributed by atoms with Crippen molar-refractivity contribution in [3.8, 4) is 5.75 Å². The van der Waals surface area contributed by atoms with Crippen LogP contribution in [0.3, 0.4) is 0 Å². The van der Waals surface area contributed by atoms with E-state index in [4.69, 9.17) is 4.74 Å². The maximum absolute atomic E-state index is 12.9. The maximum Gasteiger partial charge on any atom is 0.258 e. The summed E-state index contributed by atoms with van der Waals surface area (Å²) in [5, 5.41) is 2.81. The number of nitrogens with one attached hydrogen (secondary N) is 1. The van der Waals surface area contributed by atoms with Crippen molar-refractivity contribution in [2.24, 2.45) is 0 Å². The number of rotatable bonds is 4. The number of nitrogens with zero attached hydrogens (tertiary/aromatic N) is 1. The van der Waals surface area contributed by atoms with E-state index in [0.717, 1.165) is 23.4 Å². The van der Waals surface area contributed by atoms with Gasteiger partial charge in [-0.15, -0.1) is 0 Å². The zero-order valence-corrected chi connectivity index (χ0v) is 13.8. The lowest BCUT2D eigenvalue weighted by atomic mass is 10.1. The fraction of sp³-hybridized carbons (Fsp3) is 0.263. The summed E-state index contributed by atoms with van der Waals surface area (Å²) in [4.78, 5) is 26.1. The lowest BCUT2D eigenvalue weighted by molar-refractivity contribution is -0.114. The van der Waals surface area contributed by atoms with Crippen LogP contribution < -0.4 is 15.0 Å². The van der Waals surface area contributed by atoms with E-state index in [0.29, 0.717) is 24.4 Å². The Morgan fingerprint density at radius 3 is 2.58 bits per heavy atom.